The van der Waals surface area contributed by atoms with Crippen LogP contribution >= 0.6 is 0 Å². The maximum atomic E-state index is 12.0. The molecular weight excluding hydrogens is 512 g/mol. The quantitative estimate of drug-likeness (QED) is 0.251. The fourth-order valence-corrected chi connectivity index (χ4v) is 9.21. The molecule has 0 spiro atoms. The van der Waals surface area contributed by atoms with Crippen LogP contribution in [0, 0.1) is 46.3 Å². The zero-order valence-electron chi connectivity index (χ0n) is 27.7. The van der Waals surface area contributed by atoms with E-state index in [4.69, 9.17) is 0 Å². The van der Waals surface area contributed by atoms with Gasteiger partial charge in [0.25, 0.3) is 0 Å². The van der Waals surface area contributed by atoms with Gasteiger partial charge in [-0.3, -0.25) is 0 Å². The van der Waals surface area contributed by atoms with Crippen LogP contribution in [-0.2, 0) is 0 Å². The minimum Gasteiger partial charge on any atom is -0.393 e. The molecule has 2 nitrogen and oxygen atoms in total. The predicted molar refractivity (Wildman–Crippen MR) is 179 cm³/mol. The molecule has 0 saturated heterocycles. The highest BCUT2D eigenvalue weighted by Gasteiger charge is 2.58. The molecule has 42 heavy (non-hydrogen) atoms. The standard InChI is InChI=1S/C40H60O2/c1-8-28(3)38(42)37-35(39(5,6)26-24-32(41)9-2)25-27-40(7)34(22-23-36(37)40)29(4)20-21-33(30-16-12-10-13-17-30)31-18-14-11-15-19-31/h10-19,21,28-29,32,34-38,41-42H,8-9,20,22-27H2,1-7H3/t28-,29+,32-,34+,35?,36?,37?,38?,40+/m0/s1. The van der Waals surface area contributed by atoms with E-state index < -0.39 is 0 Å². The van der Waals surface area contributed by atoms with Crippen molar-refractivity contribution < 1.29 is 10.2 Å². The van der Waals surface area contributed by atoms with Gasteiger partial charge in [0, 0.05) is 0 Å². The average molecular weight is 573 g/mol. The number of aliphatic hydroxyl groups excluding tert-OH is 2. The molecule has 9 atom stereocenters. The highest BCUT2D eigenvalue weighted by Crippen LogP contribution is 2.64. The lowest BCUT2D eigenvalue weighted by molar-refractivity contribution is -0.111. The normalized spacial score (nSPS) is 28.9. The summed E-state index contributed by atoms with van der Waals surface area (Å²) in [4.78, 5) is 0. The predicted octanol–water partition coefficient (Wildman–Crippen LogP) is 10.2. The van der Waals surface area contributed by atoms with Crippen molar-refractivity contribution in [2.24, 2.45) is 46.3 Å². The van der Waals surface area contributed by atoms with Gasteiger partial charge >= 0.3 is 0 Å². The number of benzene rings is 2. The van der Waals surface area contributed by atoms with Crippen molar-refractivity contribution in [3.63, 3.8) is 0 Å². The summed E-state index contributed by atoms with van der Waals surface area (Å²) in [5, 5.41) is 22.3. The lowest BCUT2D eigenvalue weighted by Gasteiger charge is -2.56. The molecule has 2 fully saturated rings. The first-order valence-corrected chi connectivity index (χ1v) is 17.2. The molecule has 0 heterocycles. The van der Waals surface area contributed by atoms with Crippen molar-refractivity contribution in [3.8, 4) is 0 Å². The molecule has 2 aliphatic carbocycles. The molecule has 0 aliphatic heterocycles. The third kappa shape index (κ3) is 7.07. The summed E-state index contributed by atoms with van der Waals surface area (Å²) in [6, 6.07) is 21.7. The topological polar surface area (TPSA) is 40.5 Å². The van der Waals surface area contributed by atoms with Gasteiger partial charge in [-0.25, -0.2) is 0 Å². The van der Waals surface area contributed by atoms with E-state index in [1.54, 1.807) is 0 Å². The van der Waals surface area contributed by atoms with Crippen molar-refractivity contribution in [2.45, 2.75) is 118 Å². The number of rotatable bonds is 13. The Morgan fingerprint density at radius 1 is 0.905 bits per heavy atom. The molecular formula is C40H60O2. The Hall–Kier alpha value is -1.90. The Labute approximate surface area is 258 Å². The molecule has 232 valence electrons. The van der Waals surface area contributed by atoms with Gasteiger partial charge in [-0.1, -0.05) is 122 Å². The molecule has 2 heteroatoms. The number of fused-ring (bicyclic) bond motifs is 1. The summed E-state index contributed by atoms with van der Waals surface area (Å²) >= 11 is 0. The van der Waals surface area contributed by atoms with Crippen LogP contribution in [0.25, 0.3) is 5.57 Å². The Kier molecular flexibility index (Phi) is 11.2. The van der Waals surface area contributed by atoms with Gasteiger partial charge in [0.1, 0.15) is 0 Å². The van der Waals surface area contributed by atoms with E-state index in [1.165, 1.54) is 42.4 Å². The van der Waals surface area contributed by atoms with E-state index >= 15 is 0 Å². The highest BCUT2D eigenvalue weighted by atomic mass is 16.3. The minimum atomic E-state index is -0.253. The largest absolute Gasteiger partial charge is 0.393 e. The van der Waals surface area contributed by atoms with E-state index in [0.29, 0.717) is 35.5 Å². The summed E-state index contributed by atoms with van der Waals surface area (Å²) in [6.07, 6.45) is 11.8. The number of hydrogen-bond acceptors (Lipinski definition) is 2. The molecule has 0 aromatic heterocycles. The van der Waals surface area contributed by atoms with Gasteiger partial charge in [-0.15, -0.1) is 0 Å². The first-order chi connectivity index (χ1) is 20.0. The monoisotopic (exact) mass is 572 g/mol. The average Bonchev–Trinajstić information content (AvgIpc) is 3.36. The molecule has 2 aliphatic rings. The second-order valence-corrected chi connectivity index (χ2v) is 15.0. The van der Waals surface area contributed by atoms with E-state index in [0.717, 1.165) is 32.1 Å². The molecule has 0 bridgehead atoms. The van der Waals surface area contributed by atoms with Crippen molar-refractivity contribution in [2.75, 3.05) is 0 Å². The zero-order valence-corrected chi connectivity index (χ0v) is 27.7. The van der Waals surface area contributed by atoms with E-state index in [1.807, 2.05) is 0 Å². The molecule has 0 radical (unpaired) electrons. The Bertz CT molecular complexity index is 1080. The first-order valence-electron chi connectivity index (χ1n) is 17.2. The van der Waals surface area contributed by atoms with Crippen LogP contribution in [-0.4, -0.2) is 22.4 Å². The summed E-state index contributed by atoms with van der Waals surface area (Å²) < 4.78 is 0. The fourth-order valence-electron chi connectivity index (χ4n) is 9.21. The Morgan fingerprint density at radius 2 is 1.50 bits per heavy atom. The lowest BCUT2D eigenvalue weighted by atomic mass is 9.50. The van der Waals surface area contributed by atoms with Crippen molar-refractivity contribution in [3.05, 3.63) is 77.9 Å². The first kappa shape index (κ1) is 33.0. The van der Waals surface area contributed by atoms with Crippen LogP contribution < -0.4 is 0 Å². The summed E-state index contributed by atoms with van der Waals surface area (Å²) in [5.74, 6) is 2.98. The van der Waals surface area contributed by atoms with Gasteiger partial charge in [0.05, 0.1) is 12.2 Å². The number of hydrogen-bond donors (Lipinski definition) is 2. The second-order valence-electron chi connectivity index (χ2n) is 15.0. The number of allylic oxidation sites excluding steroid dienone is 1. The van der Waals surface area contributed by atoms with E-state index in [9.17, 15) is 10.2 Å². The van der Waals surface area contributed by atoms with Crippen molar-refractivity contribution in [1.29, 1.82) is 0 Å². The van der Waals surface area contributed by atoms with Crippen LogP contribution in [0.1, 0.15) is 117 Å². The summed E-state index contributed by atoms with van der Waals surface area (Å²) in [6.45, 7) is 16.5. The second kappa shape index (κ2) is 14.3. The Morgan fingerprint density at radius 3 is 2.05 bits per heavy atom. The summed E-state index contributed by atoms with van der Waals surface area (Å²) in [5.41, 5.74) is 4.30. The van der Waals surface area contributed by atoms with Gasteiger partial charge in [-0.2, -0.15) is 0 Å². The SMILES string of the molecule is CC[C@H](O)CCC(C)(C)C1CC[C@@]2(C)C(CC[C@@H]2[C@H](C)CC=C(c2ccccc2)c2ccccc2)C1C(O)[C@@H](C)CC. The molecule has 4 rings (SSSR count). The van der Waals surface area contributed by atoms with Gasteiger partial charge < -0.3 is 10.2 Å². The summed E-state index contributed by atoms with van der Waals surface area (Å²) in [7, 11) is 0. The van der Waals surface area contributed by atoms with Crippen molar-refractivity contribution in [1.82, 2.24) is 0 Å². The third-order valence-electron chi connectivity index (χ3n) is 12.2. The van der Waals surface area contributed by atoms with Crippen LogP contribution in [0.2, 0.25) is 0 Å². The molecule has 0 amide bonds. The molecule has 2 aromatic carbocycles. The van der Waals surface area contributed by atoms with Gasteiger partial charge in [-0.05, 0) is 114 Å². The number of aliphatic hydroxyl groups is 2. The maximum Gasteiger partial charge on any atom is 0.0599 e. The van der Waals surface area contributed by atoms with E-state index in [-0.39, 0.29) is 23.0 Å². The smallest absolute Gasteiger partial charge is 0.0599 e. The van der Waals surface area contributed by atoms with Crippen LogP contribution in [0.15, 0.2) is 66.7 Å². The third-order valence-corrected chi connectivity index (χ3v) is 12.2. The van der Waals surface area contributed by atoms with Crippen molar-refractivity contribution >= 4 is 5.57 Å². The van der Waals surface area contributed by atoms with Crippen LogP contribution in [0.5, 0.6) is 0 Å². The molecule has 2 N–H and O–H groups in total. The highest BCUT2D eigenvalue weighted by molar-refractivity contribution is 5.79. The fraction of sp³-hybridized carbons (Fsp3) is 0.650. The van der Waals surface area contributed by atoms with E-state index in [2.05, 4.69) is 115 Å². The Balaban J connectivity index is 1.59. The zero-order chi connectivity index (χ0) is 30.5. The lowest BCUT2D eigenvalue weighted by Crippen LogP contribution is -2.52. The van der Waals surface area contributed by atoms with Crippen LogP contribution in [0.4, 0.5) is 0 Å². The van der Waals surface area contributed by atoms with Gasteiger partial charge in [0.15, 0.2) is 0 Å². The van der Waals surface area contributed by atoms with Crippen LogP contribution in [0.3, 0.4) is 0 Å². The maximum absolute atomic E-state index is 12.0. The molecule has 4 unspecified atom stereocenters. The minimum absolute atomic E-state index is 0.114. The molecule has 2 aromatic rings. The van der Waals surface area contributed by atoms with Gasteiger partial charge in [0.2, 0.25) is 0 Å². The molecule has 2 saturated carbocycles.